The van der Waals surface area contributed by atoms with Gasteiger partial charge in [0.05, 0.1) is 18.1 Å². The van der Waals surface area contributed by atoms with Crippen LogP contribution in [0.2, 0.25) is 0 Å². The Balaban J connectivity index is 1.53. The van der Waals surface area contributed by atoms with Crippen molar-refractivity contribution in [3.63, 3.8) is 0 Å². The lowest BCUT2D eigenvalue weighted by atomic mass is 9.94. The first-order chi connectivity index (χ1) is 16.8. The highest BCUT2D eigenvalue weighted by Crippen LogP contribution is 2.32. The number of hydrogen-bond donors (Lipinski definition) is 1. The highest BCUT2D eigenvalue weighted by Gasteiger charge is 2.30. The summed E-state index contributed by atoms with van der Waals surface area (Å²) < 4.78 is 9.17. The Morgan fingerprint density at radius 3 is 2.77 bits per heavy atom. The molecule has 4 aromatic heterocycles. The zero-order valence-electron chi connectivity index (χ0n) is 20.5. The number of nitrogens with zero attached hydrogens (tertiary/aromatic N) is 7. The Bertz CT molecular complexity index is 1340. The molecule has 182 valence electrons. The topological polar surface area (TPSA) is 102 Å². The number of aromatic nitrogens is 6. The number of likely N-dealkylation sites (tertiary alicyclic amines) is 1. The number of aryl methyl sites for hydroxylation is 1. The standard InChI is InChI=1S/C25H30N8O2/c1-25(2,3)35-24(34)32-11-7-8-17(16-32)20-12-22(30-21-9-5-6-10-26-21)33-23(29-20)19(14-28-33)18-13-27-31(4)15-18/h5-6,9-10,12-15,17H,7-8,11,16H2,1-4H3,(H,26,30). The number of piperidine rings is 1. The number of carbonyl (C=O) groups is 1. The molecule has 0 radical (unpaired) electrons. The van der Waals surface area contributed by atoms with Crippen LogP contribution in [0.1, 0.15) is 45.2 Å². The van der Waals surface area contributed by atoms with Crippen LogP contribution in [-0.2, 0) is 11.8 Å². The van der Waals surface area contributed by atoms with E-state index in [0.29, 0.717) is 18.9 Å². The van der Waals surface area contributed by atoms with Gasteiger partial charge in [-0.15, -0.1) is 0 Å². The fraction of sp³-hybridized carbons (Fsp3) is 0.400. The van der Waals surface area contributed by atoms with Crippen LogP contribution >= 0.6 is 0 Å². The molecular weight excluding hydrogens is 444 g/mol. The lowest BCUT2D eigenvalue weighted by Gasteiger charge is -2.34. The third-order valence-electron chi connectivity index (χ3n) is 5.92. The predicted octanol–water partition coefficient (Wildman–Crippen LogP) is 4.38. The maximum Gasteiger partial charge on any atom is 0.410 e. The first-order valence-corrected chi connectivity index (χ1v) is 11.8. The van der Waals surface area contributed by atoms with Crippen molar-refractivity contribution in [3.8, 4) is 11.1 Å². The summed E-state index contributed by atoms with van der Waals surface area (Å²) in [5.74, 6) is 1.54. The number of anilines is 2. The minimum absolute atomic E-state index is 0.0715. The van der Waals surface area contributed by atoms with Gasteiger partial charge in [0.25, 0.3) is 0 Å². The van der Waals surface area contributed by atoms with E-state index in [1.54, 1.807) is 26.5 Å². The maximum atomic E-state index is 12.8. The average Bonchev–Trinajstić information content (AvgIpc) is 3.45. The summed E-state index contributed by atoms with van der Waals surface area (Å²) >= 11 is 0. The van der Waals surface area contributed by atoms with Gasteiger partial charge >= 0.3 is 6.09 Å². The van der Waals surface area contributed by atoms with Crippen molar-refractivity contribution in [1.82, 2.24) is 34.3 Å². The quantitative estimate of drug-likeness (QED) is 0.468. The van der Waals surface area contributed by atoms with Gasteiger partial charge in [-0.05, 0) is 45.7 Å². The maximum absolute atomic E-state index is 12.8. The molecule has 1 saturated heterocycles. The third kappa shape index (κ3) is 4.96. The summed E-state index contributed by atoms with van der Waals surface area (Å²) in [6, 6.07) is 7.71. The van der Waals surface area contributed by atoms with Gasteiger partial charge in [-0.3, -0.25) is 4.68 Å². The van der Waals surface area contributed by atoms with E-state index in [1.165, 1.54) is 0 Å². The van der Waals surface area contributed by atoms with Crippen LogP contribution in [-0.4, -0.2) is 59.0 Å². The molecule has 1 N–H and O–H groups in total. The van der Waals surface area contributed by atoms with Crippen LogP contribution in [0.15, 0.2) is 49.1 Å². The Morgan fingerprint density at radius 1 is 1.20 bits per heavy atom. The number of hydrogen-bond acceptors (Lipinski definition) is 7. The number of fused-ring (bicyclic) bond motifs is 1. The number of pyridine rings is 1. The normalized spacial score (nSPS) is 16.5. The summed E-state index contributed by atoms with van der Waals surface area (Å²) in [5.41, 5.74) is 2.92. The average molecular weight is 475 g/mol. The second kappa shape index (κ2) is 9.01. The molecule has 35 heavy (non-hydrogen) atoms. The molecule has 5 rings (SSSR count). The van der Waals surface area contributed by atoms with E-state index in [-0.39, 0.29) is 12.0 Å². The molecule has 1 amide bonds. The molecule has 4 aromatic rings. The van der Waals surface area contributed by atoms with Gasteiger partial charge in [0, 0.05) is 55.6 Å². The third-order valence-corrected chi connectivity index (χ3v) is 5.92. The molecule has 0 bridgehead atoms. The summed E-state index contributed by atoms with van der Waals surface area (Å²) in [7, 11) is 1.88. The van der Waals surface area contributed by atoms with E-state index >= 15 is 0 Å². The minimum Gasteiger partial charge on any atom is -0.444 e. The van der Waals surface area contributed by atoms with Crippen LogP contribution in [0, 0.1) is 0 Å². The molecule has 0 aromatic carbocycles. The van der Waals surface area contributed by atoms with E-state index in [4.69, 9.17) is 9.72 Å². The highest BCUT2D eigenvalue weighted by atomic mass is 16.6. The van der Waals surface area contributed by atoms with Gasteiger partial charge in [0.15, 0.2) is 5.65 Å². The molecule has 10 heteroatoms. The summed E-state index contributed by atoms with van der Waals surface area (Å²) in [6.45, 7) is 6.89. The number of carbonyl (C=O) groups excluding carboxylic acids is 1. The van der Waals surface area contributed by atoms with Gasteiger partial charge < -0.3 is 15.0 Å². The first kappa shape index (κ1) is 22.8. The Kier molecular flexibility index (Phi) is 5.88. The number of nitrogens with one attached hydrogen (secondary N) is 1. The molecular formula is C25H30N8O2. The van der Waals surface area contributed by atoms with E-state index in [0.717, 1.165) is 41.1 Å². The predicted molar refractivity (Wildman–Crippen MR) is 132 cm³/mol. The van der Waals surface area contributed by atoms with Gasteiger partial charge in [0.2, 0.25) is 0 Å². The molecule has 5 heterocycles. The second-order valence-electron chi connectivity index (χ2n) is 9.87. The molecule has 1 aliphatic rings. The minimum atomic E-state index is -0.531. The molecule has 0 saturated carbocycles. The molecule has 1 atom stereocenters. The van der Waals surface area contributed by atoms with Crippen molar-refractivity contribution >= 4 is 23.4 Å². The zero-order valence-corrected chi connectivity index (χ0v) is 20.5. The monoisotopic (exact) mass is 474 g/mol. The smallest absolute Gasteiger partial charge is 0.410 e. The van der Waals surface area contributed by atoms with Crippen molar-refractivity contribution < 1.29 is 9.53 Å². The van der Waals surface area contributed by atoms with E-state index in [2.05, 4.69) is 20.5 Å². The zero-order chi connectivity index (χ0) is 24.6. The van der Waals surface area contributed by atoms with Crippen LogP contribution in [0.25, 0.3) is 16.8 Å². The summed E-state index contributed by atoms with van der Waals surface area (Å²) in [5, 5.41) is 12.3. The molecule has 0 spiro atoms. The van der Waals surface area contributed by atoms with E-state index in [1.807, 2.05) is 64.5 Å². The van der Waals surface area contributed by atoms with Crippen molar-refractivity contribution in [2.24, 2.45) is 7.05 Å². The van der Waals surface area contributed by atoms with Crippen molar-refractivity contribution in [2.75, 3.05) is 18.4 Å². The lowest BCUT2D eigenvalue weighted by Crippen LogP contribution is -2.42. The lowest BCUT2D eigenvalue weighted by molar-refractivity contribution is 0.0197. The van der Waals surface area contributed by atoms with Gasteiger partial charge in [-0.25, -0.2) is 14.8 Å². The van der Waals surface area contributed by atoms with Gasteiger partial charge in [0.1, 0.15) is 17.2 Å². The summed E-state index contributed by atoms with van der Waals surface area (Å²) in [6.07, 6.45) is 8.84. The van der Waals surface area contributed by atoms with Gasteiger partial charge in [-0.1, -0.05) is 6.07 Å². The second-order valence-corrected chi connectivity index (χ2v) is 9.87. The van der Waals surface area contributed by atoms with Crippen LogP contribution < -0.4 is 5.32 Å². The molecule has 1 unspecified atom stereocenters. The van der Waals surface area contributed by atoms with E-state index in [9.17, 15) is 4.79 Å². The molecule has 0 aliphatic carbocycles. The summed E-state index contributed by atoms with van der Waals surface area (Å²) in [4.78, 5) is 24.0. The first-order valence-electron chi connectivity index (χ1n) is 11.8. The SMILES string of the molecule is Cn1cc(-c2cnn3c(Nc4ccccn4)cc(C4CCCN(C(=O)OC(C)(C)C)C4)nc23)cn1. The largest absolute Gasteiger partial charge is 0.444 e. The fourth-order valence-corrected chi connectivity index (χ4v) is 4.32. The number of amides is 1. The molecule has 1 fully saturated rings. The fourth-order valence-electron chi connectivity index (χ4n) is 4.32. The highest BCUT2D eigenvalue weighted by molar-refractivity contribution is 5.78. The van der Waals surface area contributed by atoms with Crippen LogP contribution in [0.4, 0.5) is 16.4 Å². The molecule has 1 aliphatic heterocycles. The van der Waals surface area contributed by atoms with Crippen molar-refractivity contribution in [3.05, 3.63) is 54.7 Å². The van der Waals surface area contributed by atoms with E-state index < -0.39 is 5.60 Å². The van der Waals surface area contributed by atoms with Crippen molar-refractivity contribution in [1.29, 1.82) is 0 Å². The Hall–Kier alpha value is -3.95. The number of rotatable bonds is 4. The van der Waals surface area contributed by atoms with Crippen LogP contribution in [0.3, 0.4) is 0 Å². The Morgan fingerprint density at radius 2 is 2.06 bits per heavy atom. The van der Waals surface area contributed by atoms with Gasteiger partial charge in [-0.2, -0.15) is 14.7 Å². The van der Waals surface area contributed by atoms with Crippen LogP contribution in [0.5, 0.6) is 0 Å². The number of ether oxygens (including phenoxy) is 1. The molecule has 10 nitrogen and oxygen atoms in total. The Labute approximate surface area is 203 Å². The van der Waals surface area contributed by atoms with Crippen molar-refractivity contribution in [2.45, 2.75) is 45.1 Å².